The van der Waals surface area contributed by atoms with Crippen molar-refractivity contribution in [2.75, 3.05) is 11.4 Å². The molecule has 0 atom stereocenters. The summed E-state index contributed by atoms with van der Waals surface area (Å²) < 4.78 is 13.2. The van der Waals surface area contributed by atoms with Gasteiger partial charge in [0.1, 0.15) is 5.82 Å². The van der Waals surface area contributed by atoms with Gasteiger partial charge in [-0.3, -0.25) is 9.59 Å². The third-order valence-corrected chi connectivity index (χ3v) is 3.02. The summed E-state index contributed by atoms with van der Waals surface area (Å²) in [6, 6.07) is 4.40. The van der Waals surface area contributed by atoms with Crippen LogP contribution in [0, 0.1) is 5.82 Å². The van der Waals surface area contributed by atoms with Crippen molar-refractivity contribution in [3.63, 3.8) is 0 Å². The number of hydrogen-bond acceptors (Lipinski definition) is 2. The summed E-state index contributed by atoms with van der Waals surface area (Å²) in [4.78, 5) is 23.7. The van der Waals surface area contributed by atoms with E-state index in [0.29, 0.717) is 31.5 Å². The van der Waals surface area contributed by atoms with Gasteiger partial charge in [-0.15, -0.1) is 0 Å². The Bertz CT molecular complexity index is 487. The molecule has 1 aliphatic rings. The molecule has 5 heteroatoms. The summed E-state index contributed by atoms with van der Waals surface area (Å²) in [5.74, 6) is -1.34. The maximum absolute atomic E-state index is 13.2. The second-order valence-corrected chi connectivity index (χ2v) is 4.32. The number of aryl methyl sites for hydroxylation is 1. The number of carbonyl (C=O) groups is 2. The zero-order chi connectivity index (χ0) is 13.1. The number of anilines is 1. The van der Waals surface area contributed by atoms with Gasteiger partial charge < -0.3 is 10.0 Å². The Balaban J connectivity index is 2.16. The normalized spacial score (nSPS) is 14.5. The van der Waals surface area contributed by atoms with E-state index in [0.717, 1.165) is 5.56 Å². The molecular weight excluding hydrogens is 237 g/mol. The number of nitrogens with zero attached hydrogens (tertiary/aromatic N) is 1. The molecule has 1 heterocycles. The molecule has 0 spiro atoms. The Labute approximate surface area is 104 Å². The van der Waals surface area contributed by atoms with Crippen molar-refractivity contribution < 1.29 is 19.1 Å². The highest BCUT2D eigenvalue weighted by molar-refractivity contribution is 5.96. The lowest BCUT2D eigenvalue weighted by atomic mass is 10.0. The van der Waals surface area contributed by atoms with Crippen LogP contribution in [0.2, 0.25) is 0 Å². The molecule has 18 heavy (non-hydrogen) atoms. The molecule has 0 bridgehead atoms. The third-order valence-electron chi connectivity index (χ3n) is 3.02. The van der Waals surface area contributed by atoms with Crippen LogP contribution in [0.15, 0.2) is 18.2 Å². The van der Waals surface area contributed by atoms with Crippen molar-refractivity contribution in [1.29, 1.82) is 0 Å². The van der Waals surface area contributed by atoms with Crippen molar-refractivity contribution in [3.8, 4) is 0 Å². The second-order valence-electron chi connectivity index (χ2n) is 4.32. The number of amides is 1. The predicted molar refractivity (Wildman–Crippen MR) is 63.9 cm³/mol. The molecule has 1 aromatic rings. The zero-order valence-corrected chi connectivity index (χ0v) is 9.86. The number of carboxylic acid groups (broad SMARTS) is 1. The number of carboxylic acids is 1. The number of halogens is 1. The van der Waals surface area contributed by atoms with E-state index in [1.807, 2.05) is 0 Å². The average Bonchev–Trinajstić information content (AvgIpc) is 2.31. The fourth-order valence-corrected chi connectivity index (χ4v) is 2.14. The van der Waals surface area contributed by atoms with Crippen LogP contribution >= 0.6 is 0 Å². The molecule has 1 N–H and O–H groups in total. The highest BCUT2D eigenvalue weighted by Crippen LogP contribution is 2.28. The summed E-state index contributed by atoms with van der Waals surface area (Å²) in [6.07, 6.45) is 1.39. The highest BCUT2D eigenvalue weighted by Gasteiger charge is 2.24. The maximum atomic E-state index is 13.2. The number of rotatable bonds is 4. The molecule has 96 valence electrons. The van der Waals surface area contributed by atoms with E-state index < -0.39 is 5.97 Å². The van der Waals surface area contributed by atoms with E-state index in [1.165, 1.54) is 17.0 Å². The summed E-state index contributed by atoms with van der Waals surface area (Å²) in [5, 5.41) is 8.58. The monoisotopic (exact) mass is 251 g/mol. The van der Waals surface area contributed by atoms with Gasteiger partial charge in [0.25, 0.3) is 0 Å². The fourth-order valence-electron chi connectivity index (χ4n) is 2.14. The van der Waals surface area contributed by atoms with Gasteiger partial charge in [-0.1, -0.05) is 6.07 Å². The van der Waals surface area contributed by atoms with Crippen LogP contribution < -0.4 is 4.90 Å². The quantitative estimate of drug-likeness (QED) is 0.890. The Morgan fingerprint density at radius 2 is 2.17 bits per heavy atom. The van der Waals surface area contributed by atoms with Crippen molar-refractivity contribution in [2.45, 2.75) is 25.7 Å². The van der Waals surface area contributed by atoms with Crippen molar-refractivity contribution >= 4 is 17.6 Å². The van der Waals surface area contributed by atoms with Gasteiger partial charge in [-0.2, -0.15) is 0 Å². The van der Waals surface area contributed by atoms with Gasteiger partial charge >= 0.3 is 5.97 Å². The number of hydrogen-bond donors (Lipinski definition) is 1. The topological polar surface area (TPSA) is 57.6 Å². The van der Waals surface area contributed by atoms with E-state index in [2.05, 4.69) is 0 Å². The molecule has 0 aliphatic carbocycles. The second kappa shape index (κ2) is 5.16. The number of fused-ring (bicyclic) bond motifs is 1. The molecule has 4 nitrogen and oxygen atoms in total. The predicted octanol–water partition coefficient (Wildman–Crippen LogP) is 1.97. The molecule has 0 unspecified atom stereocenters. The van der Waals surface area contributed by atoms with E-state index in [-0.39, 0.29) is 18.1 Å². The first-order valence-corrected chi connectivity index (χ1v) is 5.88. The van der Waals surface area contributed by atoms with Crippen molar-refractivity contribution in [2.24, 2.45) is 0 Å². The van der Waals surface area contributed by atoms with Gasteiger partial charge in [0.15, 0.2) is 0 Å². The number of benzene rings is 1. The standard InChI is InChI=1S/C13H14FNO3/c14-10-5-3-9-4-6-12(16)15(11(9)8-10)7-1-2-13(17)18/h3,5,8H,1-2,4,6-7H2,(H,17,18). The number of aliphatic carboxylic acids is 1. The van der Waals surface area contributed by atoms with Crippen LogP contribution in [0.1, 0.15) is 24.8 Å². The summed E-state index contributed by atoms with van der Waals surface area (Å²) >= 11 is 0. The molecule has 1 aromatic carbocycles. The molecule has 0 saturated carbocycles. The molecule has 0 aromatic heterocycles. The van der Waals surface area contributed by atoms with Gasteiger partial charge in [0.2, 0.25) is 5.91 Å². The van der Waals surface area contributed by atoms with Crippen LogP contribution in [0.4, 0.5) is 10.1 Å². The smallest absolute Gasteiger partial charge is 0.303 e. The molecular formula is C13H14FNO3. The Kier molecular flexibility index (Phi) is 3.60. The van der Waals surface area contributed by atoms with E-state index in [1.54, 1.807) is 6.07 Å². The average molecular weight is 251 g/mol. The van der Waals surface area contributed by atoms with Crippen LogP contribution in [-0.4, -0.2) is 23.5 Å². The molecule has 1 amide bonds. The van der Waals surface area contributed by atoms with Crippen LogP contribution in [-0.2, 0) is 16.0 Å². The van der Waals surface area contributed by atoms with Crippen molar-refractivity contribution in [1.82, 2.24) is 0 Å². The molecule has 0 radical (unpaired) electrons. The minimum atomic E-state index is -0.890. The Hall–Kier alpha value is -1.91. The van der Waals surface area contributed by atoms with Gasteiger partial charge in [0.05, 0.1) is 0 Å². The highest BCUT2D eigenvalue weighted by atomic mass is 19.1. The van der Waals surface area contributed by atoms with E-state index >= 15 is 0 Å². The first-order valence-electron chi connectivity index (χ1n) is 5.88. The van der Waals surface area contributed by atoms with Gasteiger partial charge in [-0.25, -0.2) is 4.39 Å². The Morgan fingerprint density at radius 3 is 2.89 bits per heavy atom. The number of carbonyl (C=O) groups excluding carboxylic acids is 1. The summed E-state index contributed by atoms with van der Waals surface area (Å²) in [7, 11) is 0. The lowest BCUT2D eigenvalue weighted by Gasteiger charge is -2.29. The first-order chi connectivity index (χ1) is 8.58. The molecule has 0 fully saturated rings. The largest absolute Gasteiger partial charge is 0.481 e. The van der Waals surface area contributed by atoms with E-state index in [4.69, 9.17) is 5.11 Å². The van der Waals surface area contributed by atoms with Gasteiger partial charge in [-0.05, 0) is 30.5 Å². The minimum Gasteiger partial charge on any atom is -0.481 e. The maximum Gasteiger partial charge on any atom is 0.303 e. The summed E-state index contributed by atoms with van der Waals surface area (Å²) in [6.45, 7) is 0.321. The third kappa shape index (κ3) is 2.67. The Morgan fingerprint density at radius 1 is 1.39 bits per heavy atom. The molecule has 0 saturated heterocycles. The molecule has 2 rings (SSSR count). The zero-order valence-electron chi connectivity index (χ0n) is 9.86. The first kappa shape index (κ1) is 12.5. The fraction of sp³-hybridized carbons (Fsp3) is 0.385. The molecule has 1 aliphatic heterocycles. The van der Waals surface area contributed by atoms with Crippen LogP contribution in [0.5, 0.6) is 0 Å². The SMILES string of the molecule is O=C(O)CCCN1C(=O)CCc2ccc(F)cc21. The van der Waals surface area contributed by atoms with Crippen LogP contribution in [0.25, 0.3) is 0 Å². The van der Waals surface area contributed by atoms with Crippen molar-refractivity contribution in [3.05, 3.63) is 29.6 Å². The lowest BCUT2D eigenvalue weighted by molar-refractivity contribution is -0.137. The van der Waals surface area contributed by atoms with E-state index in [9.17, 15) is 14.0 Å². The lowest BCUT2D eigenvalue weighted by Crippen LogP contribution is -2.36. The minimum absolute atomic E-state index is 0.00836. The van der Waals surface area contributed by atoms with Gasteiger partial charge in [0, 0.05) is 25.1 Å². The van der Waals surface area contributed by atoms with Crippen LogP contribution in [0.3, 0.4) is 0 Å². The summed E-state index contributed by atoms with van der Waals surface area (Å²) in [5.41, 5.74) is 1.52.